The minimum Gasteiger partial charge on any atom is -0.465 e. The first-order valence-electron chi connectivity index (χ1n) is 6.35. The Labute approximate surface area is 116 Å². The van der Waals surface area contributed by atoms with Gasteiger partial charge >= 0.3 is 12.1 Å². The Morgan fingerprint density at radius 2 is 1.80 bits per heavy atom. The predicted molar refractivity (Wildman–Crippen MR) is 69.1 cm³/mol. The minimum absolute atomic E-state index is 0.253. The van der Waals surface area contributed by atoms with Gasteiger partial charge in [0, 0.05) is 6.04 Å². The number of benzene rings is 1. The van der Waals surface area contributed by atoms with Crippen molar-refractivity contribution in [1.29, 1.82) is 0 Å². The molecule has 112 valence electrons. The summed E-state index contributed by atoms with van der Waals surface area (Å²) in [5, 5.41) is 2.98. The predicted octanol–water partition coefficient (Wildman–Crippen LogP) is 3.31. The molecule has 2 unspecified atom stereocenters. The highest BCUT2D eigenvalue weighted by Crippen LogP contribution is 2.29. The van der Waals surface area contributed by atoms with Gasteiger partial charge < -0.3 is 4.74 Å². The maximum Gasteiger partial charge on any atom is 0.416 e. The molecule has 2 atom stereocenters. The van der Waals surface area contributed by atoms with Gasteiger partial charge in [0.25, 0.3) is 0 Å². The van der Waals surface area contributed by atoms with Gasteiger partial charge in [-0.15, -0.1) is 0 Å². The number of carbonyl (C=O) groups excluding carboxylic acids is 1. The molecule has 1 aromatic carbocycles. The van der Waals surface area contributed by atoms with Crippen molar-refractivity contribution in [3.8, 4) is 0 Å². The SMILES string of the molecule is CCOC(=O)C(C)NC(C)c1ccc(C(F)(F)F)cc1. The lowest BCUT2D eigenvalue weighted by Gasteiger charge is -2.19. The molecule has 0 radical (unpaired) electrons. The molecular formula is C14H18F3NO2. The van der Waals surface area contributed by atoms with Crippen molar-refractivity contribution in [2.75, 3.05) is 6.61 Å². The van der Waals surface area contributed by atoms with Gasteiger partial charge in [-0.3, -0.25) is 10.1 Å². The van der Waals surface area contributed by atoms with Crippen LogP contribution in [0.15, 0.2) is 24.3 Å². The molecule has 0 aliphatic carbocycles. The molecule has 0 amide bonds. The summed E-state index contributed by atoms with van der Waals surface area (Å²) in [6, 6.07) is 4.09. The van der Waals surface area contributed by atoms with Crippen LogP contribution in [0.2, 0.25) is 0 Å². The van der Waals surface area contributed by atoms with Gasteiger partial charge in [-0.25, -0.2) is 0 Å². The van der Waals surface area contributed by atoms with Crippen LogP contribution >= 0.6 is 0 Å². The van der Waals surface area contributed by atoms with Crippen LogP contribution in [0, 0.1) is 0 Å². The second kappa shape index (κ2) is 6.74. The molecule has 0 aromatic heterocycles. The van der Waals surface area contributed by atoms with E-state index in [1.54, 1.807) is 20.8 Å². The zero-order chi connectivity index (χ0) is 15.3. The third-order valence-corrected chi connectivity index (χ3v) is 2.88. The van der Waals surface area contributed by atoms with Crippen LogP contribution in [0.25, 0.3) is 0 Å². The molecule has 6 heteroatoms. The van der Waals surface area contributed by atoms with E-state index in [4.69, 9.17) is 4.74 Å². The Morgan fingerprint density at radius 1 is 1.25 bits per heavy atom. The lowest BCUT2D eigenvalue weighted by atomic mass is 10.1. The largest absolute Gasteiger partial charge is 0.465 e. The number of hydrogen-bond donors (Lipinski definition) is 1. The van der Waals surface area contributed by atoms with Crippen LogP contribution in [0.4, 0.5) is 13.2 Å². The lowest BCUT2D eigenvalue weighted by Crippen LogP contribution is -2.37. The molecule has 3 nitrogen and oxygen atoms in total. The van der Waals surface area contributed by atoms with Gasteiger partial charge in [0.2, 0.25) is 0 Å². The highest BCUT2D eigenvalue weighted by molar-refractivity contribution is 5.75. The highest BCUT2D eigenvalue weighted by atomic mass is 19.4. The highest BCUT2D eigenvalue weighted by Gasteiger charge is 2.30. The molecule has 0 heterocycles. The zero-order valence-corrected chi connectivity index (χ0v) is 11.6. The summed E-state index contributed by atoms with van der Waals surface area (Å²) in [5.74, 6) is -0.383. The molecule has 0 aliphatic rings. The van der Waals surface area contributed by atoms with Crippen molar-refractivity contribution in [1.82, 2.24) is 5.32 Å². The maximum absolute atomic E-state index is 12.4. The third-order valence-electron chi connectivity index (χ3n) is 2.88. The quantitative estimate of drug-likeness (QED) is 0.845. The number of carbonyl (C=O) groups is 1. The van der Waals surface area contributed by atoms with Crippen LogP contribution in [0.3, 0.4) is 0 Å². The fourth-order valence-corrected chi connectivity index (χ4v) is 1.77. The van der Waals surface area contributed by atoms with Gasteiger partial charge in [-0.1, -0.05) is 12.1 Å². The summed E-state index contributed by atoms with van der Waals surface area (Å²) >= 11 is 0. The Kier molecular flexibility index (Phi) is 5.56. The summed E-state index contributed by atoms with van der Waals surface area (Å²) in [4.78, 5) is 11.5. The summed E-state index contributed by atoms with van der Waals surface area (Å²) in [7, 11) is 0. The van der Waals surface area contributed by atoms with Crippen molar-refractivity contribution in [3.63, 3.8) is 0 Å². The Hall–Kier alpha value is -1.56. The molecule has 0 saturated heterocycles. The molecule has 1 aromatic rings. The summed E-state index contributed by atoms with van der Waals surface area (Å²) in [6.07, 6.45) is -4.34. The number of nitrogens with one attached hydrogen (secondary N) is 1. The van der Waals surface area contributed by atoms with E-state index in [9.17, 15) is 18.0 Å². The Morgan fingerprint density at radius 3 is 2.25 bits per heavy atom. The van der Waals surface area contributed by atoms with E-state index >= 15 is 0 Å². The fraction of sp³-hybridized carbons (Fsp3) is 0.500. The average Bonchev–Trinajstić information content (AvgIpc) is 2.38. The molecule has 0 saturated carbocycles. The van der Waals surface area contributed by atoms with Crippen molar-refractivity contribution >= 4 is 5.97 Å². The first kappa shape index (κ1) is 16.5. The third kappa shape index (κ3) is 4.52. The summed E-state index contributed by atoms with van der Waals surface area (Å²) < 4.78 is 42.2. The van der Waals surface area contributed by atoms with E-state index in [0.717, 1.165) is 12.1 Å². The smallest absolute Gasteiger partial charge is 0.416 e. The Balaban J connectivity index is 2.68. The lowest BCUT2D eigenvalue weighted by molar-refractivity contribution is -0.145. The zero-order valence-electron chi connectivity index (χ0n) is 11.6. The molecule has 20 heavy (non-hydrogen) atoms. The summed E-state index contributed by atoms with van der Waals surface area (Å²) in [6.45, 7) is 5.43. The second-order valence-electron chi connectivity index (χ2n) is 4.48. The second-order valence-corrected chi connectivity index (χ2v) is 4.48. The molecule has 0 aliphatic heterocycles. The van der Waals surface area contributed by atoms with E-state index in [0.29, 0.717) is 12.2 Å². The van der Waals surface area contributed by atoms with Crippen molar-refractivity contribution < 1.29 is 22.7 Å². The van der Waals surface area contributed by atoms with E-state index in [1.165, 1.54) is 12.1 Å². The number of rotatable bonds is 5. The molecule has 0 spiro atoms. The average molecular weight is 289 g/mol. The standard InChI is InChI=1S/C14H18F3NO2/c1-4-20-13(19)10(3)18-9(2)11-5-7-12(8-6-11)14(15,16)17/h5-10,18H,4H2,1-3H3. The van der Waals surface area contributed by atoms with Crippen LogP contribution < -0.4 is 5.32 Å². The van der Waals surface area contributed by atoms with Gasteiger partial charge in [0.1, 0.15) is 6.04 Å². The molecule has 1 N–H and O–H groups in total. The number of hydrogen-bond acceptors (Lipinski definition) is 3. The first-order chi connectivity index (χ1) is 9.25. The van der Waals surface area contributed by atoms with E-state index in [1.807, 2.05) is 0 Å². The van der Waals surface area contributed by atoms with Crippen molar-refractivity contribution in [3.05, 3.63) is 35.4 Å². The topological polar surface area (TPSA) is 38.3 Å². The number of halogens is 3. The van der Waals surface area contributed by atoms with Crippen LogP contribution in [0.1, 0.15) is 37.9 Å². The van der Waals surface area contributed by atoms with E-state index in [-0.39, 0.29) is 12.0 Å². The van der Waals surface area contributed by atoms with E-state index < -0.39 is 17.8 Å². The van der Waals surface area contributed by atoms with Gasteiger partial charge in [0.15, 0.2) is 0 Å². The fourth-order valence-electron chi connectivity index (χ4n) is 1.77. The number of esters is 1. The normalized spacial score (nSPS) is 14.7. The maximum atomic E-state index is 12.4. The van der Waals surface area contributed by atoms with E-state index in [2.05, 4.69) is 5.32 Å². The van der Waals surface area contributed by atoms with Crippen molar-refractivity contribution in [2.24, 2.45) is 0 Å². The monoisotopic (exact) mass is 289 g/mol. The van der Waals surface area contributed by atoms with Crippen LogP contribution in [-0.2, 0) is 15.7 Å². The van der Waals surface area contributed by atoms with Gasteiger partial charge in [-0.2, -0.15) is 13.2 Å². The molecule has 0 bridgehead atoms. The molecule has 0 fully saturated rings. The minimum atomic E-state index is -4.34. The Bertz CT molecular complexity index is 443. The van der Waals surface area contributed by atoms with Crippen LogP contribution in [-0.4, -0.2) is 18.6 Å². The summed E-state index contributed by atoms with van der Waals surface area (Å²) in [5.41, 5.74) is -0.0129. The number of ether oxygens (including phenoxy) is 1. The molecular weight excluding hydrogens is 271 g/mol. The van der Waals surface area contributed by atoms with Gasteiger partial charge in [-0.05, 0) is 38.5 Å². The first-order valence-corrected chi connectivity index (χ1v) is 6.35. The van der Waals surface area contributed by atoms with Crippen LogP contribution in [0.5, 0.6) is 0 Å². The number of alkyl halides is 3. The van der Waals surface area contributed by atoms with Crippen molar-refractivity contribution in [2.45, 2.75) is 39.0 Å². The van der Waals surface area contributed by atoms with Gasteiger partial charge in [0.05, 0.1) is 12.2 Å². The molecule has 1 rings (SSSR count).